The summed E-state index contributed by atoms with van der Waals surface area (Å²) >= 11 is 0. The van der Waals surface area contributed by atoms with Gasteiger partial charge in [-0.05, 0) is 44.0 Å². The molecule has 0 spiro atoms. The molecule has 0 aliphatic carbocycles. The highest BCUT2D eigenvalue weighted by Crippen LogP contribution is 2.21. The molecule has 2 atom stereocenters. The van der Waals surface area contributed by atoms with E-state index in [1.54, 1.807) is 6.92 Å². The number of amides is 1. The summed E-state index contributed by atoms with van der Waals surface area (Å²) in [6.45, 7) is 3.46. The molecule has 110 valence electrons. The van der Waals surface area contributed by atoms with Crippen LogP contribution in [0.5, 0.6) is 0 Å². The van der Waals surface area contributed by atoms with Crippen molar-refractivity contribution in [1.82, 2.24) is 4.90 Å². The highest BCUT2D eigenvalue weighted by Gasteiger charge is 2.27. The van der Waals surface area contributed by atoms with Crippen molar-refractivity contribution in [1.29, 1.82) is 0 Å². The Hall–Kier alpha value is -1.66. The molecule has 1 amide bonds. The molecule has 6 heteroatoms. The molecule has 2 unspecified atom stereocenters. The summed E-state index contributed by atoms with van der Waals surface area (Å²) in [7, 11) is 0. The van der Waals surface area contributed by atoms with Crippen LogP contribution in [-0.2, 0) is 4.79 Å². The molecule has 1 fully saturated rings. The zero-order valence-corrected chi connectivity index (χ0v) is 11.5. The Labute approximate surface area is 117 Å². The van der Waals surface area contributed by atoms with Gasteiger partial charge in [0, 0.05) is 6.54 Å². The van der Waals surface area contributed by atoms with E-state index in [2.05, 4.69) is 5.32 Å². The molecule has 0 bridgehead atoms. The van der Waals surface area contributed by atoms with Crippen LogP contribution in [0.4, 0.5) is 15.8 Å². The molecule has 4 N–H and O–H groups in total. The lowest BCUT2D eigenvalue weighted by Crippen LogP contribution is -2.32. The summed E-state index contributed by atoms with van der Waals surface area (Å²) < 4.78 is 13.1. The number of nitrogens with zero attached hydrogens (tertiary/aromatic N) is 1. The molecule has 20 heavy (non-hydrogen) atoms. The summed E-state index contributed by atoms with van der Waals surface area (Å²) in [5, 5.41) is 12.1. The second-order valence-corrected chi connectivity index (χ2v) is 5.30. The average Bonchev–Trinajstić information content (AvgIpc) is 2.82. The van der Waals surface area contributed by atoms with Crippen LogP contribution in [0.1, 0.15) is 13.3 Å². The molecule has 1 aliphatic rings. The summed E-state index contributed by atoms with van der Waals surface area (Å²) in [6, 6.07) is 3.87. The van der Waals surface area contributed by atoms with E-state index in [1.165, 1.54) is 18.2 Å². The van der Waals surface area contributed by atoms with Gasteiger partial charge >= 0.3 is 0 Å². The Morgan fingerprint density at radius 1 is 1.65 bits per heavy atom. The Balaban J connectivity index is 1.88. The molecule has 1 heterocycles. The molecule has 0 saturated carbocycles. The highest BCUT2D eigenvalue weighted by atomic mass is 19.1. The Kier molecular flexibility index (Phi) is 4.57. The number of benzene rings is 1. The number of hydrogen-bond acceptors (Lipinski definition) is 4. The summed E-state index contributed by atoms with van der Waals surface area (Å²) in [5.74, 6) is -0.458. The van der Waals surface area contributed by atoms with Gasteiger partial charge in [-0.2, -0.15) is 0 Å². The van der Waals surface area contributed by atoms with Crippen molar-refractivity contribution >= 4 is 17.3 Å². The molecule has 2 rings (SSSR count). The minimum Gasteiger partial charge on any atom is -0.397 e. The van der Waals surface area contributed by atoms with Crippen LogP contribution in [0.25, 0.3) is 0 Å². The Morgan fingerprint density at radius 2 is 2.40 bits per heavy atom. The maximum Gasteiger partial charge on any atom is 0.238 e. The van der Waals surface area contributed by atoms with E-state index >= 15 is 0 Å². The minimum atomic E-state index is -0.440. The summed E-state index contributed by atoms with van der Waals surface area (Å²) in [5.41, 5.74) is 6.31. The number of carbonyl (C=O) groups excluding carboxylic acids is 1. The van der Waals surface area contributed by atoms with Crippen LogP contribution in [0.2, 0.25) is 0 Å². The number of aliphatic hydroxyl groups is 1. The monoisotopic (exact) mass is 281 g/mol. The van der Waals surface area contributed by atoms with Gasteiger partial charge in [0.05, 0.1) is 24.0 Å². The zero-order chi connectivity index (χ0) is 14.7. The van der Waals surface area contributed by atoms with Crippen molar-refractivity contribution < 1.29 is 14.3 Å². The van der Waals surface area contributed by atoms with Crippen LogP contribution < -0.4 is 11.1 Å². The van der Waals surface area contributed by atoms with Gasteiger partial charge in [0.1, 0.15) is 5.82 Å². The number of nitrogen functional groups attached to an aromatic ring is 1. The third-order valence-corrected chi connectivity index (χ3v) is 3.65. The third kappa shape index (κ3) is 3.68. The van der Waals surface area contributed by atoms with Crippen LogP contribution >= 0.6 is 0 Å². The van der Waals surface area contributed by atoms with Gasteiger partial charge in [-0.15, -0.1) is 0 Å². The second-order valence-electron chi connectivity index (χ2n) is 5.30. The van der Waals surface area contributed by atoms with Crippen LogP contribution in [-0.4, -0.2) is 41.7 Å². The van der Waals surface area contributed by atoms with E-state index in [-0.39, 0.29) is 24.5 Å². The van der Waals surface area contributed by atoms with Crippen molar-refractivity contribution in [3.05, 3.63) is 24.0 Å². The number of anilines is 2. The quantitative estimate of drug-likeness (QED) is 0.721. The third-order valence-electron chi connectivity index (χ3n) is 3.65. The first-order chi connectivity index (χ1) is 9.45. The predicted octanol–water partition coefficient (Wildman–Crippen LogP) is 1.05. The molecule has 1 saturated heterocycles. The largest absolute Gasteiger partial charge is 0.397 e. The normalized spacial score (nSPS) is 20.9. The van der Waals surface area contributed by atoms with Gasteiger partial charge in [-0.25, -0.2) is 4.39 Å². The van der Waals surface area contributed by atoms with Gasteiger partial charge in [0.25, 0.3) is 0 Å². The maximum atomic E-state index is 13.1. The SMILES string of the molecule is CC(O)C1CCN(CC(=O)Nc2cc(F)ccc2N)C1. The van der Waals surface area contributed by atoms with Gasteiger partial charge in [-0.3, -0.25) is 9.69 Å². The number of hydrogen-bond donors (Lipinski definition) is 3. The second kappa shape index (κ2) is 6.19. The fourth-order valence-electron chi connectivity index (χ4n) is 2.43. The van der Waals surface area contributed by atoms with Crippen molar-refractivity contribution in [2.24, 2.45) is 5.92 Å². The van der Waals surface area contributed by atoms with E-state index in [1.807, 2.05) is 4.90 Å². The molecular weight excluding hydrogens is 261 g/mol. The van der Waals surface area contributed by atoms with Crippen LogP contribution in [0.3, 0.4) is 0 Å². The number of nitrogens with two attached hydrogens (primary N) is 1. The Morgan fingerprint density at radius 3 is 3.05 bits per heavy atom. The van der Waals surface area contributed by atoms with Crippen molar-refractivity contribution in [2.75, 3.05) is 30.7 Å². The molecule has 1 aromatic carbocycles. The first-order valence-corrected chi connectivity index (χ1v) is 6.71. The number of halogens is 1. The van der Waals surface area contributed by atoms with Gasteiger partial charge in [0.2, 0.25) is 5.91 Å². The van der Waals surface area contributed by atoms with E-state index in [0.29, 0.717) is 17.9 Å². The van der Waals surface area contributed by atoms with Crippen LogP contribution in [0, 0.1) is 11.7 Å². The highest BCUT2D eigenvalue weighted by molar-refractivity contribution is 5.95. The van der Waals surface area contributed by atoms with E-state index < -0.39 is 5.82 Å². The number of carbonyl (C=O) groups is 1. The lowest BCUT2D eigenvalue weighted by Gasteiger charge is -2.17. The van der Waals surface area contributed by atoms with E-state index in [0.717, 1.165) is 13.0 Å². The predicted molar refractivity (Wildman–Crippen MR) is 75.7 cm³/mol. The Bertz CT molecular complexity index is 493. The number of likely N-dealkylation sites (tertiary alicyclic amines) is 1. The van der Waals surface area contributed by atoms with Gasteiger partial charge in [0.15, 0.2) is 0 Å². The smallest absolute Gasteiger partial charge is 0.238 e. The zero-order valence-electron chi connectivity index (χ0n) is 11.5. The minimum absolute atomic E-state index is 0.210. The first-order valence-electron chi connectivity index (χ1n) is 6.71. The fraction of sp³-hybridized carbons (Fsp3) is 0.500. The number of nitrogens with one attached hydrogen (secondary N) is 1. The van der Waals surface area contributed by atoms with Crippen molar-refractivity contribution in [3.63, 3.8) is 0 Å². The fourth-order valence-corrected chi connectivity index (χ4v) is 2.43. The molecule has 1 aliphatic heterocycles. The average molecular weight is 281 g/mol. The van der Waals surface area contributed by atoms with E-state index in [9.17, 15) is 14.3 Å². The van der Waals surface area contributed by atoms with Crippen molar-refractivity contribution in [2.45, 2.75) is 19.4 Å². The molecule has 5 nitrogen and oxygen atoms in total. The number of rotatable bonds is 4. The van der Waals surface area contributed by atoms with Crippen molar-refractivity contribution in [3.8, 4) is 0 Å². The lowest BCUT2D eigenvalue weighted by atomic mass is 10.0. The molecule has 1 aromatic rings. The van der Waals surface area contributed by atoms with Gasteiger partial charge < -0.3 is 16.2 Å². The van der Waals surface area contributed by atoms with Crippen LogP contribution in [0.15, 0.2) is 18.2 Å². The van der Waals surface area contributed by atoms with Gasteiger partial charge in [-0.1, -0.05) is 0 Å². The number of aliphatic hydroxyl groups excluding tert-OH is 1. The molecule has 0 aromatic heterocycles. The van der Waals surface area contributed by atoms with E-state index in [4.69, 9.17) is 5.73 Å². The standard InChI is InChI=1S/C14H20FN3O2/c1-9(19)10-4-5-18(7-10)8-14(20)17-13-6-11(15)2-3-12(13)16/h2-3,6,9-10,19H,4-5,7-8,16H2,1H3,(H,17,20). The molecule has 0 radical (unpaired) electrons. The summed E-state index contributed by atoms with van der Waals surface area (Å²) in [6.07, 6.45) is 0.523. The molecular formula is C14H20FN3O2. The topological polar surface area (TPSA) is 78.6 Å². The lowest BCUT2D eigenvalue weighted by molar-refractivity contribution is -0.117. The first kappa shape index (κ1) is 14.7. The maximum absolute atomic E-state index is 13.1. The summed E-state index contributed by atoms with van der Waals surface area (Å²) in [4.78, 5) is 13.9.